The van der Waals surface area contributed by atoms with Crippen LogP contribution in [0, 0.1) is 0 Å². The monoisotopic (exact) mass is 727 g/mol. The Labute approximate surface area is 335 Å². The van der Waals surface area contributed by atoms with Gasteiger partial charge in [0, 0.05) is 27.9 Å². The summed E-state index contributed by atoms with van der Waals surface area (Å²) in [7, 11) is 0. The summed E-state index contributed by atoms with van der Waals surface area (Å²) in [5.41, 5.74) is 18.5. The topological polar surface area (TPSA) is 3.24 Å². The van der Waals surface area contributed by atoms with Crippen molar-refractivity contribution in [2.75, 3.05) is 4.90 Å². The molecule has 270 valence electrons. The summed E-state index contributed by atoms with van der Waals surface area (Å²) in [4.78, 5) is 2.46. The maximum Gasteiger partial charge on any atom is 0.0468 e. The summed E-state index contributed by atoms with van der Waals surface area (Å²) in [5, 5.41) is 2.52. The van der Waals surface area contributed by atoms with Crippen LogP contribution in [0.25, 0.3) is 44.2 Å². The Morgan fingerprint density at radius 2 is 0.789 bits per heavy atom. The molecular formula is C56H41N. The van der Waals surface area contributed by atoms with Crippen LogP contribution in [0.15, 0.2) is 212 Å². The summed E-state index contributed by atoms with van der Waals surface area (Å²) in [6, 6.07) is 78.6. The van der Waals surface area contributed by atoms with Crippen molar-refractivity contribution in [2.45, 2.75) is 24.7 Å². The molecule has 1 nitrogen and oxygen atoms in total. The molecule has 0 saturated carbocycles. The third kappa shape index (κ3) is 4.95. The molecule has 0 N–H and O–H groups in total. The van der Waals surface area contributed by atoms with Crippen LogP contribution < -0.4 is 4.90 Å². The van der Waals surface area contributed by atoms with Crippen molar-refractivity contribution in [1.82, 2.24) is 0 Å². The van der Waals surface area contributed by atoms with E-state index in [-0.39, 0.29) is 10.8 Å². The summed E-state index contributed by atoms with van der Waals surface area (Å²) in [6.45, 7) is 4.79. The Morgan fingerprint density at radius 3 is 1.49 bits per heavy atom. The van der Waals surface area contributed by atoms with Gasteiger partial charge in [0.05, 0.1) is 0 Å². The highest BCUT2D eigenvalue weighted by Gasteiger charge is 2.42. The molecule has 9 aromatic rings. The predicted molar refractivity (Wildman–Crippen MR) is 239 cm³/mol. The van der Waals surface area contributed by atoms with Gasteiger partial charge in [-0.05, 0) is 128 Å². The number of hydrogen-bond acceptors (Lipinski definition) is 1. The fourth-order valence-electron chi connectivity index (χ4n) is 10.1. The number of hydrogen-bond donors (Lipinski definition) is 0. The number of anilines is 3. The van der Waals surface area contributed by atoms with Gasteiger partial charge in [0.25, 0.3) is 0 Å². The van der Waals surface area contributed by atoms with Crippen molar-refractivity contribution in [2.24, 2.45) is 0 Å². The largest absolute Gasteiger partial charge is 0.310 e. The van der Waals surface area contributed by atoms with Gasteiger partial charge in [-0.1, -0.05) is 176 Å². The maximum atomic E-state index is 2.46. The summed E-state index contributed by atoms with van der Waals surface area (Å²) in [6.07, 6.45) is 0. The van der Waals surface area contributed by atoms with Crippen LogP contribution in [-0.2, 0) is 10.8 Å². The third-order valence-electron chi connectivity index (χ3n) is 13.0. The summed E-state index contributed by atoms with van der Waals surface area (Å²) < 4.78 is 0. The van der Waals surface area contributed by atoms with Crippen LogP contribution in [0.3, 0.4) is 0 Å². The number of rotatable bonds is 6. The van der Waals surface area contributed by atoms with Crippen molar-refractivity contribution in [3.63, 3.8) is 0 Å². The Hall–Kier alpha value is -6.96. The van der Waals surface area contributed by atoms with E-state index in [1.807, 2.05) is 0 Å². The molecule has 0 aliphatic heterocycles. The molecule has 0 amide bonds. The lowest BCUT2D eigenvalue weighted by Crippen LogP contribution is -2.23. The van der Waals surface area contributed by atoms with Crippen LogP contribution in [0.2, 0.25) is 0 Å². The van der Waals surface area contributed by atoms with Gasteiger partial charge in [0.2, 0.25) is 0 Å². The zero-order chi connectivity index (χ0) is 38.1. The average molecular weight is 728 g/mol. The van der Waals surface area contributed by atoms with E-state index in [2.05, 4.69) is 231 Å². The minimum absolute atomic E-state index is 0.256. The molecule has 2 atom stereocenters. The van der Waals surface area contributed by atoms with Crippen molar-refractivity contribution in [3.05, 3.63) is 246 Å². The van der Waals surface area contributed by atoms with E-state index in [9.17, 15) is 0 Å². The molecule has 0 saturated heterocycles. The van der Waals surface area contributed by atoms with Gasteiger partial charge in [-0.25, -0.2) is 0 Å². The predicted octanol–water partition coefficient (Wildman–Crippen LogP) is 14.6. The average Bonchev–Trinajstić information content (AvgIpc) is 3.70. The molecule has 0 fully saturated rings. The molecule has 0 heterocycles. The van der Waals surface area contributed by atoms with E-state index in [1.165, 1.54) is 77.5 Å². The second-order valence-corrected chi connectivity index (χ2v) is 15.9. The first-order chi connectivity index (χ1) is 28.0. The number of fused-ring (bicyclic) bond motifs is 7. The molecular weight excluding hydrogens is 687 g/mol. The van der Waals surface area contributed by atoms with E-state index in [0.717, 1.165) is 17.1 Å². The van der Waals surface area contributed by atoms with Crippen LogP contribution >= 0.6 is 0 Å². The molecule has 0 aromatic heterocycles. The van der Waals surface area contributed by atoms with Crippen molar-refractivity contribution in [1.29, 1.82) is 0 Å². The molecule has 1 heteroatoms. The highest BCUT2D eigenvalue weighted by molar-refractivity contribution is 5.97. The van der Waals surface area contributed by atoms with Crippen LogP contribution in [-0.4, -0.2) is 0 Å². The molecule has 11 rings (SSSR count). The molecule has 2 unspecified atom stereocenters. The summed E-state index contributed by atoms with van der Waals surface area (Å²) >= 11 is 0. The number of nitrogens with zero attached hydrogens (tertiary/aromatic N) is 1. The normalized spacial score (nSPS) is 17.4. The quantitative estimate of drug-likeness (QED) is 0.165. The number of benzene rings is 9. The Kier molecular flexibility index (Phi) is 7.50. The lowest BCUT2D eigenvalue weighted by molar-refractivity contribution is 0.713. The van der Waals surface area contributed by atoms with Crippen molar-refractivity contribution in [3.8, 4) is 33.4 Å². The van der Waals surface area contributed by atoms with E-state index in [0.29, 0.717) is 0 Å². The minimum Gasteiger partial charge on any atom is -0.310 e. The standard InChI is InChI=1S/C56H41N/c1-55(40-18-5-3-6-19-40)52-27-14-12-24-48(52)50-36-43(33-35-53(50)55)57(42-30-28-39(29-31-42)46-25-15-17-38-16-9-10-22-45(38)46)44-32-34-49-47-23-11-13-26-51(47)56(2,54(49)37-44)41-20-7-4-8-21-41/h3-37H,1-2H3. The third-order valence-corrected chi connectivity index (χ3v) is 13.0. The van der Waals surface area contributed by atoms with Gasteiger partial charge < -0.3 is 4.90 Å². The Bertz CT molecular complexity index is 2980. The van der Waals surface area contributed by atoms with Gasteiger partial charge in [-0.2, -0.15) is 0 Å². The van der Waals surface area contributed by atoms with E-state index < -0.39 is 0 Å². The smallest absolute Gasteiger partial charge is 0.0468 e. The first-order valence-corrected chi connectivity index (χ1v) is 20.0. The van der Waals surface area contributed by atoms with Crippen LogP contribution in [0.5, 0.6) is 0 Å². The Balaban J connectivity index is 1.11. The second-order valence-electron chi connectivity index (χ2n) is 15.9. The fourth-order valence-corrected chi connectivity index (χ4v) is 10.1. The maximum absolute atomic E-state index is 2.46. The molecule has 0 bridgehead atoms. The lowest BCUT2D eigenvalue weighted by atomic mass is 9.74. The highest BCUT2D eigenvalue weighted by atomic mass is 15.1. The second kappa shape index (κ2) is 12.8. The van der Waals surface area contributed by atoms with E-state index in [4.69, 9.17) is 0 Å². The molecule has 9 aromatic carbocycles. The first-order valence-electron chi connectivity index (χ1n) is 20.0. The van der Waals surface area contributed by atoms with Gasteiger partial charge in [0.1, 0.15) is 0 Å². The van der Waals surface area contributed by atoms with E-state index in [1.54, 1.807) is 0 Å². The zero-order valence-corrected chi connectivity index (χ0v) is 32.2. The van der Waals surface area contributed by atoms with Crippen molar-refractivity contribution < 1.29 is 0 Å². The summed E-state index contributed by atoms with van der Waals surface area (Å²) in [5.74, 6) is 0. The van der Waals surface area contributed by atoms with Gasteiger partial charge in [0.15, 0.2) is 0 Å². The molecule has 0 spiro atoms. The van der Waals surface area contributed by atoms with Gasteiger partial charge >= 0.3 is 0 Å². The zero-order valence-electron chi connectivity index (χ0n) is 32.2. The first kappa shape index (κ1) is 33.4. The molecule has 2 aliphatic carbocycles. The molecule has 57 heavy (non-hydrogen) atoms. The van der Waals surface area contributed by atoms with Crippen molar-refractivity contribution >= 4 is 27.8 Å². The molecule has 2 aliphatic rings. The van der Waals surface area contributed by atoms with E-state index >= 15 is 0 Å². The SMILES string of the molecule is CC1(c2ccccc2)c2ccccc2-c2cc(N(c3ccc(-c4cccc5ccccc45)cc3)c3ccc4c(c3)C(C)(c3ccccc3)c3ccccc3-4)ccc21. The highest BCUT2D eigenvalue weighted by Crippen LogP contribution is 2.56. The minimum atomic E-state index is -0.304. The fraction of sp³-hybridized carbons (Fsp3) is 0.0714. The van der Waals surface area contributed by atoms with Crippen LogP contribution in [0.1, 0.15) is 47.2 Å². The van der Waals surface area contributed by atoms with Crippen LogP contribution in [0.4, 0.5) is 17.1 Å². The van der Waals surface area contributed by atoms with Gasteiger partial charge in [-0.15, -0.1) is 0 Å². The molecule has 0 radical (unpaired) electrons. The Morgan fingerprint density at radius 1 is 0.316 bits per heavy atom. The van der Waals surface area contributed by atoms with Gasteiger partial charge in [-0.3, -0.25) is 0 Å². The lowest BCUT2D eigenvalue weighted by Gasteiger charge is -2.31.